The van der Waals surface area contributed by atoms with Gasteiger partial charge in [-0.2, -0.15) is 0 Å². The summed E-state index contributed by atoms with van der Waals surface area (Å²) in [6.07, 6.45) is 4.70. The number of carbonyl (C=O) groups excluding carboxylic acids is 2. The number of hydrogen-bond acceptors (Lipinski definition) is 5. The van der Waals surface area contributed by atoms with Crippen LogP contribution in [0, 0.1) is 11.8 Å². The van der Waals surface area contributed by atoms with Gasteiger partial charge in [0.2, 0.25) is 5.91 Å². The maximum Gasteiger partial charge on any atom is 0.263 e. The Labute approximate surface area is 171 Å². The number of carbonyl (C=O) groups is 2. The van der Waals surface area contributed by atoms with Gasteiger partial charge in [-0.1, -0.05) is 0 Å². The summed E-state index contributed by atoms with van der Waals surface area (Å²) >= 11 is 1.39. The number of morpholine rings is 1. The third kappa shape index (κ3) is 4.93. The van der Waals surface area contributed by atoms with E-state index >= 15 is 0 Å². The van der Waals surface area contributed by atoms with Crippen molar-refractivity contribution in [3.05, 3.63) is 17.0 Å². The first-order valence-electron chi connectivity index (χ1n) is 10.6. The number of nitrogens with zero attached hydrogens (tertiary/aromatic N) is 2. The van der Waals surface area contributed by atoms with E-state index in [2.05, 4.69) is 24.1 Å². The minimum Gasteiger partial charge on any atom is -0.373 e. The monoisotopic (exact) mass is 405 g/mol. The van der Waals surface area contributed by atoms with Gasteiger partial charge in [0.25, 0.3) is 5.91 Å². The minimum absolute atomic E-state index is 0.0911. The molecule has 1 aromatic rings. The molecular formula is C21H31N3O3S. The topological polar surface area (TPSA) is 61.9 Å². The molecule has 1 saturated carbocycles. The number of rotatable bonds is 5. The normalized spacial score (nSPS) is 27.0. The van der Waals surface area contributed by atoms with Gasteiger partial charge in [-0.25, -0.2) is 0 Å². The summed E-state index contributed by atoms with van der Waals surface area (Å²) in [5, 5.41) is 3.72. The first-order chi connectivity index (χ1) is 13.5. The maximum absolute atomic E-state index is 12.8. The molecule has 1 aromatic heterocycles. The summed E-state index contributed by atoms with van der Waals surface area (Å²) in [7, 11) is 0. The SMILES string of the molecule is CC1CN(CC2CCN(C(=O)c3ccc(NC(=O)C4CC4)s3)CC2)CC(C)O1. The van der Waals surface area contributed by atoms with Gasteiger partial charge in [-0.05, 0) is 57.6 Å². The summed E-state index contributed by atoms with van der Waals surface area (Å²) in [5.74, 6) is 1.02. The predicted molar refractivity (Wildman–Crippen MR) is 111 cm³/mol. The van der Waals surface area contributed by atoms with Gasteiger partial charge < -0.3 is 15.0 Å². The third-order valence-corrected chi connectivity index (χ3v) is 6.91. The number of hydrogen-bond donors (Lipinski definition) is 1. The highest BCUT2D eigenvalue weighted by atomic mass is 32.1. The lowest BCUT2D eigenvalue weighted by Crippen LogP contribution is -2.48. The lowest BCUT2D eigenvalue weighted by atomic mass is 9.95. The summed E-state index contributed by atoms with van der Waals surface area (Å²) in [4.78, 5) is 29.9. The van der Waals surface area contributed by atoms with Crippen molar-refractivity contribution in [1.82, 2.24) is 9.80 Å². The first-order valence-corrected chi connectivity index (χ1v) is 11.4. The van der Waals surface area contributed by atoms with E-state index in [-0.39, 0.29) is 17.7 Å². The van der Waals surface area contributed by atoms with Crippen molar-refractivity contribution in [2.75, 3.05) is 38.0 Å². The standard InChI is InChI=1S/C21H31N3O3S/c1-14-11-23(12-15(2)27-14)13-16-7-9-24(10-8-16)21(26)18-5-6-19(28-18)22-20(25)17-3-4-17/h5-6,14-17H,3-4,7-13H2,1-2H3,(H,22,25). The van der Waals surface area contributed by atoms with Gasteiger partial charge in [0.05, 0.1) is 22.1 Å². The van der Waals surface area contributed by atoms with E-state index in [0.717, 1.165) is 68.3 Å². The molecule has 3 fully saturated rings. The van der Waals surface area contributed by atoms with Gasteiger partial charge in [-0.15, -0.1) is 11.3 Å². The lowest BCUT2D eigenvalue weighted by Gasteiger charge is -2.39. The van der Waals surface area contributed by atoms with Crippen molar-refractivity contribution in [3.63, 3.8) is 0 Å². The summed E-state index contributed by atoms with van der Waals surface area (Å²) in [6, 6.07) is 3.70. The molecule has 0 spiro atoms. The van der Waals surface area contributed by atoms with Crippen LogP contribution >= 0.6 is 11.3 Å². The number of anilines is 1. The summed E-state index contributed by atoms with van der Waals surface area (Å²) in [6.45, 7) is 9.05. The van der Waals surface area contributed by atoms with Crippen molar-refractivity contribution < 1.29 is 14.3 Å². The van der Waals surface area contributed by atoms with Crippen LogP contribution in [0.1, 0.15) is 49.2 Å². The van der Waals surface area contributed by atoms with E-state index in [1.54, 1.807) is 0 Å². The first kappa shape index (κ1) is 19.9. The average Bonchev–Trinajstić information content (AvgIpc) is 3.41. The smallest absolute Gasteiger partial charge is 0.263 e. The van der Waals surface area contributed by atoms with Crippen LogP contribution in [-0.4, -0.2) is 66.5 Å². The van der Waals surface area contributed by atoms with Crippen LogP contribution in [0.15, 0.2) is 12.1 Å². The van der Waals surface area contributed by atoms with Crippen molar-refractivity contribution in [2.24, 2.45) is 11.8 Å². The highest BCUT2D eigenvalue weighted by Crippen LogP contribution is 2.32. The molecule has 4 rings (SSSR count). The number of thiophene rings is 1. The van der Waals surface area contributed by atoms with Crippen molar-refractivity contribution in [2.45, 2.75) is 51.7 Å². The second kappa shape index (κ2) is 8.51. The number of amides is 2. The number of ether oxygens (including phenoxy) is 1. The second-order valence-corrected chi connectivity index (χ2v) is 9.72. The van der Waals surface area contributed by atoms with E-state index in [1.807, 2.05) is 17.0 Å². The fourth-order valence-electron chi connectivity index (χ4n) is 4.36. The second-order valence-electron chi connectivity index (χ2n) is 8.64. The third-order valence-electron chi connectivity index (χ3n) is 5.92. The zero-order chi connectivity index (χ0) is 19.7. The highest BCUT2D eigenvalue weighted by Gasteiger charge is 2.31. The van der Waals surface area contributed by atoms with Crippen LogP contribution in [-0.2, 0) is 9.53 Å². The van der Waals surface area contributed by atoms with Crippen molar-refractivity contribution >= 4 is 28.2 Å². The van der Waals surface area contributed by atoms with Crippen LogP contribution in [0.4, 0.5) is 5.00 Å². The molecule has 2 atom stereocenters. The Bertz CT molecular complexity index is 700. The van der Waals surface area contributed by atoms with Crippen LogP contribution in [0.25, 0.3) is 0 Å². The Morgan fingerprint density at radius 2 is 1.79 bits per heavy atom. The molecule has 2 saturated heterocycles. The van der Waals surface area contributed by atoms with E-state index in [4.69, 9.17) is 4.74 Å². The number of piperidine rings is 1. The molecule has 28 heavy (non-hydrogen) atoms. The zero-order valence-corrected chi connectivity index (χ0v) is 17.7. The maximum atomic E-state index is 12.8. The molecule has 0 aromatic carbocycles. The molecule has 154 valence electrons. The Morgan fingerprint density at radius 1 is 1.11 bits per heavy atom. The summed E-state index contributed by atoms with van der Waals surface area (Å²) < 4.78 is 5.83. The molecule has 3 heterocycles. The minimum atomic E-state index is 0.0911. The van der Waals surface area contributed by atoms with E-state index in [9.17, 15) is 9.59 Å². The number of likely N-dealkylation sites (tertiary alicyclic amines) is 1. The average molecular weight is 406 g/mol. The van der Waals surface area contributed by atoms with Gasteiger partial charge in [-0.3, -0.25) is 14.5 Å². The summed E-state index contributed by atoms with van der Waals surface area (Å²) in [5.41, 5.74) is 0. The van der Waals surface area contributed by atoms with E-state index < -0.39 is 0 Å². The quantitative estimate of drug-likeness (QED) is 0.818. The zero-order valence-electron chi connectivity index (χ0n) is 16.9. The van der Waals surface area contributed by atoms with Gasteiger partial charge in [0.15, 0.2) is 0 Å². The number of nitrogens with one attached hydrogen (secondary N) is 1. The molecule has 2 amide bonds. The molecular weight excluding hydrogens is 374 g/mol. The fraction of sp³-hybridized carbons (Fsp3) is 0.714. The Balaban J connectivity index is 1.25. The molecule has 6 nitrogen and oxygen atoms in total. The van der Waals surface area contributed by atoms with E-state index in [1.165, 1.54) is 11.3 Å². The molecule has 1 aliphatic carbocycles. The van der Waals surface area contributed by atoms with Crippen LogP contribution in [0.3, 0.4) is 0 Å². The van der Waals surface area contributed by atoms with Crippen LogP contribution < -0.4 is 5.32 Å². The Hall–Kier alpha value is -1.44. The highest BCUT2D eigenvalue weighted by molar-refractivity contribution is 7.18. The molecule has 3 aliphatic rings. The van der Waals surface area contributed by atoms with E-state index in [0.29, 0.717) is 18.1 Å². The molecule has 0 bridgehead atoms. The van der Waals surface area contributed by atoms with Crippen molar-refractivity contribution in [3.8, 4) is 0 Å². The lowest BCUT2D eigenvalue weighted by molar-refractivity contribution is -0.117. The van der Waals surface area contributed by atoms with Gasteiger partial charge in [0.1, 0.15) is 0 Å². The Kier molecular flexibility index (Phi) is 6.04. The molecule has 0 radical (unpaired) electrons. The van der Waals surface area contributed by atoms with Gasteiger partial charge in [0, 0.05) is 38.6 Å². The molecule has 1 N–H and O–H groups in total. The molecule has 2 unspecified atom stereocenters. The van der Waals surface area contributed by atoms with Crippen LogP contribution in [0.2, 0.25) is 0 Å². The largest absolute Gasteiger partial charge is 0.373 e. The Morgan fingerprint density at radius 3 is 2.43 bits per heavy atom. The van der Waals surface area contributed by atoms with Crippen LogP contribution in [0.5, 0.6) is 0 Å². The predicted octanol–water partition coefficient (Wildman–Crippen LogP) is 3.06. The van der Waals surface area contributed by atoms with Crippen molar-refractivity contribution in [1.29, 1.82) is 0 Å². The van der Waals surface area contributed by atoms with Gasteiger partial charge >= 0.3 is 0 Å². The molecule has 2 aliphatic heterocycles. The fourth-order valence-corrected chi connectivity index (χ4v) is 5.24. The molecule has 7 heteroatoms.